The summed E-state index contributed by atoms with van der Waals surface area (Å²) in [6.07, 6.45) is 2.40. The summed E-state index contributed by atoms with van der Waals surface area (Å²) < 4.78 is 0. The van der Waals surface area contributed by atoms with E-state index >= 15 is 0 Å². The van der Waals surface area contributed by atoms with E-state index in [1.165, 1.54) is 35.1 Å². The van der Waals surface area contributed by atoms with E-state index in [4.69, 9.17) is 22.2 Å². The maximum Gasteiger partial charge on any atom is 0.232 e. The van der Waals surface area contributed by atoms with Gasteiger partial charge in [-0.05, 0) is 48.7 Å². The Balaban J connectivity index is 1.33. The van der Waals surface area contributed by atoms with Gasteiger partial charge in [-0.2, -0.15) is 9.97 Å². The van der Waals surface area contributed by atoms with E-state index < -0.39 is 0 Å². The molecule has 2 aliphatic rings. The van der Waals surface area contributed by atoms with Crippen molar-refractivity contribution < 1.29 is 0 Å². The van der Waals surface area contributed by atoms with Crippen molar-refractivity contribution in [3.63, 3.8) is 0 Å². The number of hydrogen-bond donors (Lipinski definition) is 2. The average molecular weight is 445 g/mol. The summed E-state index contributed by atoms with van der Waals surface area (Å²) in [5.74, 6) is 2.44. The molecule has 2 aliphatic heterocycles. The second-order valence-electron chi connectivity index (χ2n) is 8.52. The predicted octanol–water partition coefficient (Wildman–Crippen LogP) is 4.39. The minimum Gasteiger partial charge on any atom is -0.358 e. The fourth-order valence-corrected chi connectivity index (χ4v) is 4.44. The summed E-state index contributed by atoms with van der Waals surface area (Å²) in [5, 5.41) is 7.02. The molecular formula is C25H28N6S. The molecule has 2 N–H and O–H groups in total. The predicted molar refractivity (Wildman–Crippen MR) is 134 cm³/mol. The van der Waals surface area contributed by atoms with Crippen molar-refractivity contribution in [2.75, 3.05) is 28.2 Å². The Hall–Kier alpha value is -3.19. The summed E-state index contributed by atoms with van der Waals surface area (Å²) in [6, 6.07) is 19.1. The molecule has 0 unspecified atom stereocenters. The molecule has 5 rings (SSSR count). The molecule has 1 saturated heterocycles. The average Bonchev–Trinajstić information content (AvgIpc) is 3.49. The van der Waals surface area contributed by atoms with Crippen LogP contribution in [0.3, 0.4) is 0 Å². The summed E-state index contributed by atoms with van der Waals surface area (Å²) in [6.45, 7) is 6.54. The highest BCUT2D eigenvalue weighted by Gasteiger charge is 2.23. The molecule has 0 aliphatic carbocycles. The lowest BCUT2D eigenvalue weighted by atomic mass is 10.1. The third-order valence-electron chi connectivity index (χ3n) is 6.09. The topological polar surface area (TPSA) is 56.3 Å². The number of nitrogens with zero attached hydrogens (tertiary/aromatic N) is 4. The third kappa shape index (κ3) is 4.67. The Morgan fingerprint density at radius 3 is 2.19 bits per heavy atom. The molecule has 1 fully saturated rings. The minimum absolute atomic E-state index is 0.528. The van der Waals surface area contributed by atoms with Gasteiger partial charge in [0.15, 0.2) is 5.11 Å². The highest BCUT2D eigenvalue weighted by atomic mass is 32.1. The largest absolute Gasteiger partial charge is 0.358 e. The van der Waals surface area contributed by atoms with Gasteiger partial charge in [-0.3, -0.25) is 0 Å². The molecule has 0 radical (unpaired) electrons. The minimum atomic E-state index is 0.528. The molecule has 7 heteroatoms. The number of aromatic nitrogens is 2. The van der Waals surface area contributed by atoms with Crippen LogP contribution < -0.4 is 20.4 Å². The van der Waals surface area contributed by atoms with E-state index in [9.17, 15) is 0 Å². The molecule has 6 nitrogen and oxygen atoms in total. The first-order chi connectivity index (χ1) is 15.6. The smallest absolute Gasteiger partial charge is 0.232 e. The molecule has 1 aromatic heterocycles. The first kappa shape index (κ1) is 20.7. The number of rotatable bonds is 5. The lowest BCUT2D eigenvalue weighted by Gasteiger charge is -2.22. The lowest BCUT2D eigenvalue weighted by Crippen LogP contribution is -2.30. The quantitative estimate of drug-likeness (QED) is 0.566. The first-order valence-corrected chi connectivity index (χ1v) is 11.6. The number of thiocarbonyl (C=S) groups is 1. The second-order valence-corrected chi connectivity index (χ2v) is 8.93. The van der Waals surface area contributed by atoms with Crippen LogP contribution in [0, 0.1) is 6.92 Å². The third-order valence-corrected chi connectivity index (χ3v) is 6.34. The normalized spacial score (nSPS) is 15.0. The van der Waals surface area contributed by atoms with Crippen LogP contribution in [0.2, 0.25) is 0 Å². The number of benzene rings is 2. The Morgan fingerprint density at radius 2 is 1.53 bits per heavy atom. The Morgan fingerprint density at radius 1 is 0.906 bits per heavy atom. The standard InChI is InChI=1S/C25H28N6S/c1-18-8-10-19(11-9-18)15-26-25(32)29-24-27-22(30-12-4-5-13-30)14-23(28-24)31-16-20-6-2-3-7-21(20)17-31/h2-3,6-11,14H,4-5,12-13,15-17H2,1H3,(H2,26,27,28,29,32). The van der Waals surface area contributed by atoms with Crippen LogP contribution in [-0.2, 0) is 19.6 Å². The van der Waals surface area contributed by atoms with E-state index in [0.717, 1.165) is 37.8 Å². The van der Waals surface area contributed by atoms with Gasteiger partial charge in [0, 0.05) is 38.8 Å². The maximum atomic E-state index is 5.54. The van der Waals surface area contributed by atoms with Gasteiger partial charge in [-0.25, -0.2) is 0 Å². The molecular weight excluding hydrogens is 416 g/mol. The van der Waals surface area contributed by atoms with Gasteiger partial charge < -0.3 is 20.4 Å². The van der Waals surface area contributed by atoms with Crippen LogP contribution in [0.1, 0.15) is 35.1 Å². The van der Waals surface area contributed by atoms with Gasteiger partial charge in [0.25, 0.3) is 0 Å². The molecule has 164 valence electrons. The fourth-order valence-electron chi connectivity index (χ4n) is 4.28. The maximum absolute atomic E-state index is 5.54. The Labute approximate surface area is 194 Å². The highest BCUT2D eigenvalue weighted by Crippen LogP contribution is 2.30. The van der Waals surface area contributed by atoms with Crippen molar-refractivity contribution in [2.24, 2.45) is 0 Å². The fraction of sp³-hybridized carbons (Fsp3) is 0.320. The van der Waals surface area contributed by atoms with Crippen LogP contribution in [-0.4, -0.2) is 28.2 Å². The molecule has 0 atom stereocenters. The van der Waals surface area contributed by atoms with Gasteiger partial charge in [0.2, 0.25) is 5.95 Å². The lowest BCUT2D eigenvalue weighted by molar-refractivity contribution is 0.845. The SMILES string of the molecule is Cc1ccc(CNC(=S)Nc2nc(N3CCCC3)cc(N3Cc4ccccc4C3)n2)cc1. The Bertz CT molecular complexity index is 1080. The van der Waals surface area contributed by atoms with Crippen LogP contribution in [0.15, 0.2) is 54.6 Å². The summed E-state index contributed by atoms with van der Waals surface area (Å²) in [4.78, 5) is 14.3. The zero-order valence-corrected chi connectivity index (χ0v) is 19.2. The highest BCUT2D eigenvalue weighted by molar-refractivity contribution is 7.80. The van der Waals surface area contributed by atoms with Gasteiger partial charge >= 0.3 is 0 Å². The Kier molecular flexibility index (Phi) is 5.90. The van der Waals surface area contributed by atoms with Crippen LogP contribution in [0.5, 0.6) is 0 Å². The van der Waals surface area contributed by atoms with Crippen LogP contribution >= 0.6 is 12.2 Å². The molecule has 3 aromatic rings. The molecule has 0 spiro atoms. The van der Waals surface area contributed by atoms with Gasteiger partial charge in [0.1, 0.15) is 11.6 Å². The zero-order chi connectivity index (χ0) is 21.9. The summed E-state index contributed by atoms with van der Waals surface area (Å²) >= 11 is 5.54. The van der Waals surface area contributed by atoms with Gasteiger partial charge in [0.05, 0.1) is 0 Å². The van der Waals surface area contributed by atoms with Crippen molar-refractivity contribution in [3.8, 4) is 0 Å². The molecule has 0 bridgehead atoms. The van der Waals surface area contributed by atoms with E-state index in [1.807, 2.05) is 0 Å². The second kappa shape index (κ2) is 9.12. The van der Waals surface area contributed by atoms with E-state index in [0.29, 0.717) is 17.6 Å². The van der Waals surface area contributed by atoms with Crippen LogP contribution in [0.4, 0.5) is 17.6 Å². The van der Waals surface area contributed by atoms with Crippen molar-refractivity contribution in [1.82, 2.24) is 15.3 Å². The van der Waals surface area contributed by atoms with E-state index in [2.05, 4.69) is 82.0 Å². The molecule has 32 heavy (non-hydrogen) atoms. The molecule has 0 saturated carbocycles. The van der Waals surface area contributed by atoms with Gasteiger partial charge in [-0.15, -0.1) is 0 Å². The first-order valence-electron chi connectivity index (χ1n) is 11.2. The monoisotopic (exact) mass is 444 g/mol. The number of nitrogens with one attached hydrogen (secondary N) is 2. The molecule has 2 aromatic carbocycles. The van der Waals surface area contributed by atoms with E-state index in [1.54, 1.807) is 0 Å². The van der Waals surface area contributed by atoms with E-state index in [-0.39, 0.29) is 0 Å². The van der Waals surface area contributed by atoms with Crippen molar-refractivity contribution in [1.29, 1.82) is 0 Å². The number of anilines is 3. The molecule has 0 amide bonds. The zero-order valence-electron chi connectivity index (χ0n) is 18.3. The summed E-state index contributed by atoms with van der Waals surface area (Å²) in [5.41, 5.74) is 5.15. The summed E-state index contributed by atoms with van der Waals surface area (Å²) in [7, 11) is 0. The molecule has 3 heterocycles. The van der Waals surface area contributed by atoms with Gasteiger partial charge in [-0.1, -0.05) is 54.1 Å². The number of hydrogen-bond acceptors (Lipinski definition) is 5. The number of fused-ring (bicyclic) bond motifs is 1. The number of aryl methyl sites for hydroxylation is 1. The van der Waals surface area contributed by atoms with Crippen molar-refractivity contribution in [3.05, 3.63) is 76.9 Å². The van der Waals surface area contributed by atoms with Crippen molar-refractivity contribution >= 4 is 34.9 Å². The van der Waals surface area contributed by atoms with Crippen LogP contribution in [0.25, 0.3) is 0 Å². The van der Waals surface area contributed by atoms with Crippen molar-refractivity contribution in [2.45, 2.75) is 39.4 Å².